The Morgan fingerprint density at radius 2 is 2.20 bits per heavy atom. The van der Waals surface area contributed by atoms with Gasteiger partial charge in [0.1, 0.15) is 11.5 Å². The second-order valence-electron chi connectivity index (χ2n) is 6.56. The average molecular weight is 339 g/mol. The van der Waals surface area contributed by atoms with Gasteiger partial charge in [-0.2, -0.15) is 5.11 Å². The summed E-state index contributed by atoms with van der Waals surface area (Å²) in [5.74, 6) is -0.409. The maximum absolute atomic E-state index is 13.5. The number of halogens is 1. The molecule has 0 aliphatic carbocycles. The normalized spacial score (nSPS) is 28.3. The highest BCUT2D eigenvalue weighted by molar-refractivity contribution is 6.07. The van der Waals surface area contributed by atoms with Gasteiger partial charge in [0.15, 0.2) is 0 Å². The lowest BCUT2D eigenvalue weighted by atomic mass is 9.77. The molecule has 128 valence electrons. The molecule has 3 aliphatic rings. The van der Waals surface area contributed by atoms with Gasteiger partial charge < -0.3 is 4.74 Å². The van der Waals surface area contributed by atoms with E-state index in [1.54, 1.807) is 18.2 Å². The van der Waals surface area contributed by atoms with Crippen LogP contribution in [0.25, 0.3) is 0 Å². The molecule has 1 saturated heterocycles. The number of ether oxygens (including phenoxy) is 1. The van der Waals surface area contributed by atoms with Crippen LogP contribution in [-0.4, -0.2) is 24.8 Å². The van der Waals surface area contributed by atoms with Crippen LogP contribution >= 0.6 is 0 Å². The third-order valence-electron chi connectivity index (χ3n) is 5.06. The Hall–Kier alpha value is -2.47. The predicted molar refractivity (Wildman–Crippen MR) is 90.6 cm³/mol. The Morgan fingerprint density at radius 1 is 1.32 bits per heavy atom. The van der Waals surface area contributed by atoms with Gasteiger partial charge >= 0.3 is 0 Å². The summed E-state index contributed by atoms with van der Waals surface area (Å²) < 4.78 is 19.4. The van der Waals surface area contributed by atoms with Gasteiger partial charge in [-0.15, -0.1) is 5.11 Å². The molecule has 4 rings (SSSR count). The average Bonchev–Trinajstić information content (AvgIpc) is 3.02. The largest absolute Gasteiger partial charge is 0.378 e. The number of hydrogen-bond acceptors (Lipinski definition) is 4. The van der Waals surface area contributed by atoms with Crippen LogP contribution in [0.15, 0.2) is 62.5 Å². The smallest absolute Gasteiger partial charge is 0.281 e. The number of aliphatic imine (C=N–C) groups is 1. The number of fused-ring (bicyclic) bond motifs is 1. The molecule has 5 nitrogen and oxygen atoms in total. The third-order valence-corrected chi connectivity index (χ3v) is 5.06. The van der Waals surface area contributed by atoms with E-state index < -0.39 is 0 Å². The van der Waals surface area contributed by atoms with Crippen LogP contribution in [0.2, 0.25) is 0 Å². The highest BCUT2D eigenvalue weighted by Crippen LogP contribution is 2.41. The zero-order valence-electron chi connectivity index (χ0n) is 13.9. The van der Waals surface area contributed by atoms with Crippen molar-refractivity contribution in [3.05, 3.63) is 58.7 Å². The SMILES string of the molecule is CC1OCCC(C2=C3C(=O)N=CC=C3N=N2)C1Cc1cccc(F)c1. The minimum Gasteiger partial charge on any atom is -0.378 e. The molecule has 3 aliphatic heterocycles. The van der Waals surface area contributed by atoms with Crippen LogP contribution in [-0.2, 0) is 16.0 Å². The van der Waals surface area contributed by atoms with Crippen molar-refractivity contribution in [1.82, 2.24) is 0 Å². The van der Waals surface area contributed by atoms with Crippen LogP contribution < -0.4 is 0 Å². The molecule has 0 bridgehead atoms. The molecule has 6 heteroatoms. The van der Waals surface area contributed by atoms with Gasteiger partial charge in [-0.05, 0) is 49.5 Å². The van der Waals surface area contributed by atoms with Gasteiger partial charge in [0.25, 0.3) is 5.91 Å². The molecule has 1 amide bonds. The Morgan fingerprint density at radius 3 is 3.04 bits per heavy atom. The number of benzene rings is 1. The van der Waals surface area contributed by atoms with E-state index in [1.165, 1.54) is 12.3 Å². The van der Waals surface area contributed by atoms with E-state index in [1.807, 2.05) is 13.0 Å². The fourth-order valence-corrected chi connectivity index (χ4v) is 3.80. The van der Waals surface area contributed by atoms with E-state index in [4.69, 9.17) is 4.74 Å². The van der Waals surface area contributed by atoms with Gasteiger partial charge in [-0.3, -0.25) is 4.79 Å². The van der Waals surface area contributed by atoms with Crippen molar-refractivity contribution < 1.29 is 13.9 Å². The quantitative estimate of drug-likeness (QED) is 0.844. The number of carbonyl (C=O) groups is 1. The monoisotopic (exact) mass is 339 g/mol. The molecule has 1 fully saturated rings. The zero-order valence-corrected chi connectivity index (χ0v) is 13.9. The van der Waals surface area contributed by atoms with Crippen LogP contribution in [0.3, 0.4) is 0 Å². The van der Waals surface area contributed by atoms with Gasteiger partial charge in [0.2, 0.25) is 0 Å². The van der Waals surface area contributed by atoms with Crippen molar-refractivity contribution in [2.45, 2.75) is 25.9 Å². The third kappa shape index (κ3) is 2.98. The van der Waals surface area contributed by atoms with E-state index in [0.29, 0.717) is 30.0 Å². The van der Waals surface area contributed by atoms with E-state index in [-0.39, 0.29) is 29.7 Å². The van der Waals surface area contributed by atoms with Crippen molar-refractivity contribution in [2.75, 3.05) is 6.61 Å². The van der Waals surface area contributed by atoms with Gasteiger partial charge in [0, 0.05) is 18.7 Å². The number of nitrogens with zero attached hydrogens (tertiary/aromatic N) is 3. The summed E-state index contributed by atoms with van der Waals surface area (Å²) in [5, 5.41) is 8.45. The summed E-state index contributed by atoms with van der Waals surface area (Å²) in [6.45, 7) is 2.62. The maximum Gasteiger partial charge on any atom is 0.281 e. The number of allylic oxidation sites excluding steroid dienone is 2. The van der Waals surface area contributed by atoms with Gasteiger partial charge in [-0.25, -0.2) is 9.38 Å². The number of hydrogen-bond donors (Lipinski definition) is 0. The summed E-state index contributed by atoms with van der Waals surface area (Å²) >= 11 is 0. The lowest BCUT2D eigenvalue weighted by Crippen LogP contribution is -2.37. The van der Waals surface area contributed by atoms with E-state index in [0.717, 1.165) is 12.0 Å². The van der Waals surface area contributed by atoms with Gasteiger partial charge in [-0.1, -0.05) is 12.1 Å². The van der Waals surface area contributed by atoms with Gasteiger partial charge in [0.05, 0.1) is 17.4 Å². The molecule has 1 aromatic rings. The molecule has 3 atom stereocenters. The van der Waals surface area contributed by atoms with Crippen LogP contribution in [0.4, 0.5) is 4.39 Å². The predicted octanol–water partition coefficient (Wildman–Crippen LogP) is 3.62. The standard InChI is InChI=1S/C19H18FN3O2/c1-11-15(10-12-3-2-4-13(20)9-12)14(6-8-25-11)18-17-16(22-23-18)5-7-21-19(17)24/h2-5,7,9,11,14-15H,6,8,10H2,1H3. The van der Waals surface area contributed by atoms with Crippen molar-refractivity contribution in [1.29, 1.82) is 0 Å². The van der Waals surface area contributed by atoms with Crippen molar-refractivity contribution in [3.63, 3.8) is 0 Å². The van der Waals surface area contributed by atoms with E-state index in [9.17, 15) is 9.18 Å². The highest BCUT2D eigenvalue weighted by atomic mass is 19.1. The topological polar surface area (TPSA) is 63.4 Å². The molecule has 0 aromatic heterocycles. The minimum absolute atomic E-state index is 0.0134. The molecule has 0 saturated carbocycles. The fraction of sp³-hybridized carbons (Fsp3) is 0.368. The Bertz CT molecular complexity index is 841. The fourth-order valence-electron chi connectivity index (χ4n) is 3.80. The second kappa shape index (κ2) is 6.44. The molecule has 0 radical (unpaired) electrons. The first-order chi connectivity index (χ1) is 12.1. The van der Waals surface area contributed by atoms with E-state index >= 15 is 0 Å². The van der Waals surface area contributed by atoms with Crippen molar-refractivity contribution >= 4 is 12.1 Å². The maximum atomic E-state index is 13.5. The first kappa shape index (κ1) is 16.0. The molecule has 3 unspecified atom stereocenters. The summed E-state index contributed by atoms with van der Waals surface area (Å²) in [4.78, 5) is 16.1. The highest BCUT2D eigenvalue weighted by Gasteiger charge is 2.39. The molecular formula is C19H18FN3O2. The number of carbonyl (C=O) groups excluding carboxylic acids is 1. The van der Waals surface area contributed by atoms with Crippen molar-refractivity contribution in [3.8, 4) is 0 Å². The molecule has 0 N–H and O–H groups in total. The Kier molecular flexibility index (Phi) is 4.13. The number of amides is 1. The lowest BCUT2D eigenvalue weighted by Gasteiger charge is -2.36. The summed E-state index contributed by atoms with van der Waals surface area (Å²) in [6, 6.07) is 6.61. The van der Waals surface area contributed by atoms with Crippen LogP contribution in [0.5, 0.6) is 0 Å². The number of rotatable bonds is 3. The minimum atomic E-state index is -0.291. The molecular weight excluding hydrogens is 321 g/mol. The summed E-state index contributed by atoms with van der Waals surface area (Å²) in [5.41, 5.74) is 2.70. The van der Waals surface area contributed by atoms with Crippen LogP contribution in [0, 0.1) is 17.7 Å². The number of dihydropyridines is 1. The first-order valence-electron chi connectivity index (χ1n) is 8.44. The Labute approximate surface area is 145 Å². The Balaban J connectivity index is 1.68. The molecule has 1 aromatic carbocycles. The number of azo groups is 1. The first-order valence-corrected chi connectivity index (χ1v) is 8.44. The lowest BCUT2D eigenvalue weighted by molar-refractivity contribution is -0.114. The van der Waals surface area contributed by atoms with E-state index in [2.05, 4.69) is 15.2 Å². The summed E-state index contributed by atoms with van der Waals surface area (Å²) in [6.07, 6.45) is 4.57. The molecule has 0 spiro atoms. The second-order valence-corrected chi connectivity index (χ2v) is 6.56. The summed E-state index contributed by atoms with van der Waals surface area (Å²) in [7, 11) is 0. The molecule has 25 heavy (non-hydrogen) atoms. The molecule has 3 heterocycles. The zero-order chi connectivity index (χ0) is 17.4. The van der Waals surface area contributed by atoms with Crippen molar-refractivity contribution in [2.24, 2.45) is 27.1 Å². The van der Waals surface area contributed by atoms with Crippen LogP contribution in [0.1, 0.15) is 18.9 Å².